The molecule has 1 N–H and O–H groups in total. The van der Waals surface area contributed by atoms with Gasteiger partial charge in [0.1, 0.15) is 5.75 Å². The maximum atomic E-state index is 12.4. The third kappa shape index (κ3) is 3.55. The molecule has 0 heterocycles. The number of hydrogen-bond acceptors (Lipinski definition) is 3. The smallest absolute Gasteiger partial charge is 0.308 e. The summed E-state index contributed by atoms with van der Waals surface area (Å²) >= 11 is 0. The second kappa shape index (κ2) is 6.32. The van der Waals surface area contributed by atoms with Gasteiger partial charge in [-0.3, -0.25) is 9.59 Å². The Balaban J connectivity index is 1.81. The Bertz CT molecular complexity index is 886. The highest BCUT2D eigenvalue weighted by Crippen LogP contribution is 2.20. The van der Waals surface area contributed by atoms with Gasteiger partial charge in [-0.25, -0.2) is 0 Å². The number of esters is 1. The van der Waals surface area contributed by atoms with E-state index in [0.29, 0.717) is 17.0 Å². The highest BCUT2D eigenvalue weighted by Gasteiger charge is 2.08. The minimum atomic E-state index is -0.400. The van der Waals surface area contributed by atoms with E-state index in [1.54, 1.807) is 30.3 Å². The average Bonchev–Trinajstić information content (AvgIpc) is 2.54. The van der Waals surface area contributed by atoms with Crippen molar-refractivity contribution in [3.63, 3.8) is 0 Å². The quantitative estimate of drug-likeness (QED) is 0.587. The molecule has 0 aromatic heterocycles. The molecule has 0 atom stereocenters. The number of rotatable bonds is 3. The Hall–Kier alpha value is -3.14. The molecule has 0 saturated heterocycles. The Labute approximate surface area is 133 Å². The minimum Gasteiger partial charge on any atom is -0.427 e. The van der Waals surface area contributed by atoms with Gasteiger partial charge in [-0.15, -0.1) is 0 Å². The van der Waals surface area contributed by atoms with Crippen molar-refractivity contribution < 1.29 is 14.3 Å². The van der Waals surface area contributed by atoms with Crippen LogP contribution >= 0.6 is 0 Å². The predicted octanol–water partition coefficient (Wildman–Crippen LogP) is 4.02. The van der Waals surface area contributed by atoms with Gasteiger partial charge >= 0.3 is 5.97 Å². The van der Waals surface area contributed by atoms with E-state index in [4.69, 9.17) is 4.74 Å². The number of anilines is 1. The summed E-state index contributed by atoms with van der Waals surface area (Å²) in [5, 5.41) is 4.90. The first kappa shape index (κ1) is 14.8. The molecule has 0 bridgehead atoms. The summed E-state index contributed by atoms with van der Waals surface area (Å²) in [5.41, 5.74) is 1.14. The third-order valence-corrected chi connectivity index (χ3v) is 3.37. The fourth-order valence-electron chi connectivity index (χ4n) is 2.34. The largest absolute Gasteiger partial charge is 0.427 e. The molecule has 3 rings (SSSR count). The van der Waals surface area contributed by atoms with Gasteiger partial charge in [-0.05, 0) is 35.0 Å². The molecule has 3 aromatic carbocycles. The van der Waals surface area contributed by atoms with E-state index in [0.717, 1.165) is 10.8 Å². The lowest BCUT2D eigenvalue weighted by atomic mass is 10.1. The van der Waals surface area contributed by atoms with Gasteiger partial charge in [0.05, 0.1) is 0 Å². The monoisotopic (exact) mass is 305 g/mol. The second-order valence-corrected chi connectivity index (χ2v) is 5.14. The summed E-state index contributed by atoms with van der Waals surface area (Å²) in [6.07, 6.45) is 0. The second-order valence-electron chi connectivity index (χ2n) is 5.14. The number of ether oxygens (including phenoxy) is 1. The van der Waals surface area contributed by atoms with Gasteiger partial charge in [0.15, 0.2) is 0 Å². The first-order valence-electron chi connectivity index (χ1n) is 7.20. The lowest BCUT2D eigenvalue weighted by Crippen LogP contribution is -2.12. The molecule has 4 heteroatoms. The molecule has 1 amide bonds. The summed E-state index contributed by atoms with van der Waals surface area (Å²) in [6, 6.07) is 20.1. The molecule has 0 fully saturated rings. The molecule has 0 spiro atoms. The minimum absolute atomic E-state index is 0.212. The predicted molar refractivity (Wildman–Crippen MR) is 89.7 cm³/mol. The Morgan fingerprint density at radius 1 is 0.870 bits per heavy atom. The molecule has 3 aromatic rings. The lowest BCUT2D eigenvalue weighted by molar-refractivity contribution is -0.131. The van der Waals surface area contributed by atoms with Gasteiger partial charge < -0.3 is 10.1 Å². The Morgan fingerprint density at radius 3 is 2.43 bits per heavy atom. The topological polar surface area (TPSA) is 55.4 Å². The normalized spacial score (nSPS) is 10.3. The van der Waals surface area contributed by atoms with Crippen LogP contribution in [0.1, 0.15) is 17.3 Å². The molecule has 0 aliphatic carbocycles. The Morgan fingerprint density at radius 2 is 1.65 bits per heavy atom. The standard InChI is InChI=1S/C19H15NO3/c1-13(21)23-18-8-4-7-17(12-18)20-19(22)16-10-9-14-5-2-3-6-15(14)11-16/h2-12H,1H3,(H,20,22). The summed E-state index contributed by atoms with van der Waals surface area (Å²) in [6.45, 7) is 1.33. The SMILES string of the molecule is CC(=O)Oc1cccc(NC(=O)c2ccc3ccccc3c2)c1. The number of amides is 1. The summed E-state index contributed by atoms with van der Waals surface area (Å²) in [4.78, 5) is 23.4. The van der Waals surface area contributed by atoms with Crippen LogP contribution in [-0.4, -0.2) is 11.9 Å². The molecule has 0 unspecified atom stereocenters. The number of hydrogen-bond donors (Lipinski definition) is 1. The van der Waals surface area contributed by atoms with Crippen LogP contribution in [0.3, 0.4) is 0 Å². The third-order valence-electron chi connectivity index (χ3n) is 3.37. The maximum Gasteiger partial charge on any atom is 0.308 e. The Kier molecular flexibility index (Phi) is 4.06. The van der Waals surface area contributed by atoms with E-state index in [1.807, 2.05) is 36.4 Å². The zero-order valence-electron chi connectivity index (χ0n) is 12.6. The van der Waals surface area contributed by atoms with Crippen molar-refractivity contribution in [3.05, 3.63) is 72.3 Å². The van der Waals surface area contributed by atoms with E-state index >= 15 is 0 Å². The molecule has 114 valence electrons. The molecule has 4 nitrogen and oxygen atoms in total. The van der Waals surface area contributed by atoms with Crippen LogP contribution in [-0.2, 0) is 4.79 Å². The molecule has 23 heavy (non-hydrogen) atoms. The summed E-state index contributed by atoms with van der Waals surface area (Å²) in [5.74, 6) is -0.215. The van der Waals surface area contributed by atoms with E-state index in [2.05, 4.69) is 5.32 Å². The highest BCUT2D eigenvalue weighted by molar-refractivity contribution is 6.06. The van der Waals surface area contributed by atoms with Crippen LogP contribution in [0, 0.1) is 0 Å². The van der Waals surface area contributed by atoms with Gasteiger partial charge in [-0.1, -0.05) is 36.4 Å². The summed E-state index contributed by atoms with van der Waals surface area (Å²) < 4.78 is 5.01. The fraction of sp³-hybridized carbons (Fsp3) is 0.0526. The van der Waals surface area contributed by atoms with Crippen molar-refractivity contribution in [2.45, 2.75) is 6.92 Å². The van der Waals surface area contributed by atoms with E-state index < -0.39 is 5.97 Å². The van der Waals surface area contributed by atoms with Crippen molar-refractivity contribution in [2.24, 2.45) is 0 Å². The van der Waals surface area contributed by atoms with Crippen molar-refractivity contribution in [1.82, 2.24) is 0 Å². The van der Waals surface area contributed by atoms with Crippen LogP contribution in [0.15, 0.2) is 66.7 Å². The molecular weight excluding hydrogens is 290 g/mol. The van der Waals surface area contributed by atoms with Gasteiger partial charge in [0.25, 0.3) is 5.91 Å². The zero-order valence-corrected chi connectivity index (χ0v) is 12.6. The van der Waals surface area contributed by atoms with E-state index in [1.165, 1.54) is 6.92 Å². The van der Waals surface area contributed by atoms with Crippen molar-refractivity contribution in [1.29, 1.82) is 0 Å². The lowest BCUT2D eigenvalue weighted by Gasteiger charge is -2.08. The van der Waals surface area contributed by atoms with Crippen LogP contribution < -0.4 is 10.1 Å². The molecule has 0 saturated carbocycles. The van der Waals surface area contributed by atoms with Crippen molar-refractivity contribution in [2.75, 3.05) is 5.32 Å². The number of carbonyl (C=O) groups is 2. The maximum absolute atomic E-state index is 12.4. The van der Waals surface area contributed by atoms with Crippen LogP contribution in [0.25, 0.3) is 10.8 Å². The van der Waals surface area contributed by atoms with Crippen LogP contribution in [0.5, 0.6) is 5.75 Å². The van der Waals surface area contributed by atoms with Crippen LogP contribution in [0.2, 0.25) is 0 Å². The van der Waals surface area contributed by atoms with Gasteiger partial charge in [-0.2, -0.15) is 0 Å². The van der Waals surface area contributed by atoms with Gasteiger partial charge in [0, 0.05) is 24.2 Å². The van der Waals surface area contributed by atoms with Crippen molar-refractivity contribution in [3.8, 4) is 5.75 Å². The van der Waals surface area contributed by atoms with E-state index in [-0.39, 0.29) is 5.91 Å². The summed E-state index contributed by atoms with van der Waals surface area (Å²) in [7, 11) is 0. The first-order valence-corrected chi connectivity index (χ1v) is 7.20. The number of benzene rings is 3. The van der Waals surface area contributed by atoms with Crippen LogP contribution in [0.4, 0.5) is 5.69 Å². The highest BCUT2D eigenvalue weighted by atomic mass is 16.5. The van der Waals surface area contributed by atoms with E-state index in [9.17, 15) is 9.59 Å². The number of fused-ring (bicyclic) bond motifs is 1. The fourth-order valence-corrected chi connectivity index (χ4v) is 2.34. The molecular formula is C19H15NO3. The molecule has 0 radical (unpaired) electrons. The average molecular weight is 305 g/mol. The number of carbonyl (C=O) groups excluding carboxylic acids is 2. The molecule has 0 aliphatic heterocycles. The number of nitrogens with one attached hydrogen (secondary N) is 1. The zero-order chi connectivity index (χ0) is 16.2. The molecule has 0 aliphatic rings. The van der Waals surface area contributed by atoms with Crippen molar-refractivity contribution >= 4 is 28.3 Å². The first-order chi connectivity index (χ1) is 11.1. The van der Waals surface area contributed by atoms with Gasteiger partial charge in [0.2, 0.25) is 0 Å².